The maximum absolute atomic E-state index is 12.7. The molecule has 0 aromatic heterocycles. The minimum absolute atomic E-state index is 0.522. The average molecular weight is 388 g/mol. The monoisotopic (exact) mass is 387 g/mol. The van der Waals surface area contributed by atoms with Gasteiger partial charge in [-0.25, -0.2) is 13.6 Å². The fourth-order valence-electron chi connectivity index (χ4n) is 2.49. The number of hydrogen-bond donors (Lipinski definition) is 0. The van der Waals surface area contributed by atoms with Crippen LogP contribution in [0.15, 0.2) is 50.6 Å². The highest BCUT2D eigenvalue weighted by Gasteiger charge is 2.10. The van der Waals surface area contributed by atoms with Gasteiger partial charge in [0.05, 0.1) is 26.7 Å². The quantitative estimate of drug-likeness (QED) is 0.486. The van der Waals surface area contributed by atoms with Gasteiger partial charge in [-0.05, 0) is 69.2 Å². The van der Waals surface area contributed by atoms with Crippen molar-refractivity contribution in [2.45, 2.75) is 32.6 Å². The van der Waals surface area contributed by atoms with E-state index in [0.29, 0.717) is 17.2 Å². The first kappa shape index (κ1) is 21.0. The lowest BCUT2D eigenvalue weighted by Gasteiger charge is -2.13. The molecule has 0 heterocycles. The highest BCUT2D eigenvalue weighted by atomic mass is 32.2. The molecule has 0 spiro atoms. The second kappa shape index (κ2) is 9.04. The van der Waals surface area contributed by atoms with Crippen molar-refractivity contribution in [3.05, 3.63) is 47.5 Å². The van der Waals surface area contributed by atoms with Crippen LogP contribution in [0.1, 0.15) is 25.0 Å². The van der Waals surface area contributed by atoms with Gasteiger partial charge in [-0.1, -0.05) is 6.07 Å². The lowest BCUT2D eigenvalue weighted by Crippen LogP contribution is -2.14. The largest absolute Gasteiger partial charge is 0.457 e. The van der Waals surface area contributed by atoms with Gasteiger partial charge in [0.15, 0.2) is 0 Å². The Balaban J connectivity index is 2.31. The summed E-state index contributed by atoms with van der Waals surface area (Å²) in [4.78, 5) is 7.25. The molecule has 2 aromatic carbocycles. The van der Waals surface area contributed by atoms with Crippen molar-refractivity contribution >= 4 is 21.8 Å². The molecule has 0 bridgehead atoms. The van der Waals surface area contributed by atoms with Crippen LogP contribution in [0, 0.1) is 13.8 Å². The maximum Gasteiger partial charge on any atom is 0.130 e. The van der Waals surface area contributed by atoms with Gasteiger partial charge in [-0.2, -0.15) is 0 Å². The molecular formula is C21H29N3O2S. The molecule has 27 heavy (non-hydrogen) atoms. The molecule has 0 amide bonds. The molecule has 5 nitrogen and oxygen atoms in total. The van der Waals surface area contributed by atoms with E-state index in [1.54, 1.807) is 12.3 Å². The molecule has 0 aliphatic rings. The van der Waals surface area contributed by atoms with Gasteiger partial charge in [-0.3, -0.25) is 0 Å². The van der Waals surface area contributed by atoms with Crippen molar-refractivity contribution < 1.29 is 8.95 Å². The summed E-state index contributed by atoms with van der Waals surface area (Å²) in [5, 5.41) is 0. The zero-order valence-electron chi connectivity index (χ0n) is 17.0. The van der Waals surface area contributed by atoms with E-state index < -0.39 is 9.73 Å². The van der Waals surface area contributed by atoms with Crippen LogP contribution in [0.5, 0.6) is 11.5 Å². The molecule has 0 radical (unpaired) electrons. The lowest BCUT2D eigenvalue weighted by molar-refractivity contribution is 0.477. The van der Waals surface area contributed by atoms with Crippen LogP contribution in [0.3, 0.4) is 0 Å². The number of nitrogens with zero attached hydrogens (tertiary/aromatic N) is 3. The fraction of sp³-hybridized carbons (Fsp3) is 0.381. The smallest absolute Gasteiger partial charge is 0.130 e. The lowest BCUT2D eigenvalue weighted by atomic mass is 10.1. The minimum atomic E-state index is -2.40. The van der Waals surface area contributed by atoms with Crippen LogP contribution in [-0.4, -0.2) is 41.8 Å². The molecule has 2 aromatic rings. The third-order valence-electron chi connectivity index (χ3n) is 4.23. The second-order valence-corrected chi connectivity index (χ2v) is 8.88. The Morgan fingerprint density at radius 3 is 2.56 bits per heavy atom. The summed E-state index contributed by atoms with van der Waals surface area (Å²) >= 11 is 0. The first-order valence-corrected chi connectivity index (χ1v) is 11.0. The normalized spacial score (nSPS) is 13.4. The molecule has 0 fully saturated rings. The topological polar surface area (TPSA) is 54.3 Å². The summed E-state index contributed by atoms with van der Waals surface area (Å²) in [5.41, 5.74) is 2.95. The molecule has 1 atom stereocenters. The van der Waals surface area contributed by atoms with E-state index in [2.05, 4.69) is 16.3 Å². The van der Waals surface area contributed by atoms with E-state index in [9.17, 15) is 4.21 Å². The van der Waals surface area contributed by atoms with Gasteiger partial charge in [0.25, 0.3) is 0 Å². The third kappa shape index (κ3) is 5.57. The van der Waals surface area contributed by atoms with Crippen molar-refractivity contribution in [1.29, 1.82) is 0 Å². The highest BCUT2D eigenvalue weighted by Crippen LogP contribution is 2.32. The zero-order valence-corrected chi connectivity index (χ0v) is 17.8. The molecule has 6 heteroatoms. The van der Waals surface area contributed by atoms with Crippen molar-refractivity contribution in [3.63, 3.8) is 0 Å². The van der Waals surface area contributed by atoms with Crippen LogP contribution >= 0.6 is 0 Å². The molecule has 0 saturated carbocycles. The van der Waals surface area contributed by atoms with E-state index in [-0.39, 0.29) is 0 Å². The highest BCUT2D eigenvalue weighted by molar-refractivity contribution is 7.93. The summed E-state index contributed by atoms with van der Waals surface area (Å²) < 4.78 is 23.0. The third-order valence-corrected chi connectivity index (χ3v) is 6.11. The first-order chi connectivity index (χ1) is 12.8. The minimum Gasteiger partial charge on any atom is -0.457 e. The summed E-state index contributed by atoms with van der Waals surface area (Å²) in [6, 6.07) is 11.3. The fourth-order valence-corrected chi connectivity index (χ4v) is 3.79. The molecule has 0 saturated heterocycles. The molecular weight excluding hydrogens is 358 g/mol. The molecule has 0 N–H and O–H groups in total. The molecule has 0 aliphatic carbocycles. The first-order valence-electron chi connectivity index (χ1n) is 9.08. The number of benzene rings is 2. The van der Waals surface area contributed by atoms with Crippen molar-refractivity contribution in [2.24, 2.45) is 9.36 Å². The number of aryl methyl sites for hydroxylation is 2. The van der Waals surface area contributed by atoms with Gasteiger partial charge in [0, 0.05) is 26.4 Å². The Hall–Kier alpha value is -2.34. The van der Waals surface area contributed by atoms with Crippen LogP contribution in [0.25, 0.3) is 0 Å². The Labute approximate surface area is 163 Å². The zero-order chi connectivity index (χ0) is 20.0. The average Bonchev–Trinajstić information content (AvgIpc) is 2.63. The Morgan fingerprint density at radius 1 is 1.15 bits per heavy atom. The van der Waals surface area contributed by atoms with Crippen LogP contribution in [0.2, 0.25) is 0 Å². The van der Waals surface area contributed by atoms with Gasteiger partial charge in [0.2, 0.25) is 0 Å². The number of aliphatic imine (C=N–C) groups is 1. The van der Waals surface area contributed by atoms with Crippen LogP contribution in [0.4, 0.5) is 5.69 Å². The maximum atomic E-state index is 12.7. The summed E-state index contributed by atoms with van der Waals surface area (Å²) in [6.07, 6.45) is 3.49. The Bertz CT molecular complexity index is 944. The SMILES string of the molecule is CCN=S(C)(=O)c1cccc(Oc2cc(C)c(/N=C/N(C)CC)cc2C)c1. The second-order valence-electron chi connectivity index (χ2n) is 6.55. The van der Waals surface area contributed by atoms with E-state index >= 15 is 0 Å². The Morgan fingerprint density at radius 2 is 1.89 bits per heavy atom. The summed E-state index contributed by atoms with van der Waals surface area (Å²) in [5.74, 6) is 1.42. The molecule has 1 unspecified atom stereocenters. The summed E-state index contributed by atoms with van der Waals surface area (Å²) in [7, 11) is -0.404. The van der Waals surface area contributed by atoms with E-state index in [1.807, 2.05) is 69.4 Å². The van der Waals surface area contributed by atoms with E-state index in [1.165, 1.54) is 0 Å². The van der Waals surface area contributed by atoms with Crippen molar-refractivity contribution in [3.8, 4) is 11.5 Å². The molecule has 0 aliphatic heterocycles. The van der Waals surface area contributed by atoms with Crippen molar-refractivity contribution in [1.82, 2.24) is 4.90 Å². The van der Waals surface area contributed by atoms with Gasteiger partial charge in [0.1, 0.15) is 11.5 Å². The number of hydrogen-bond acceptors (Lipinski definition) is 4. The van der Waals surface area contributed by atoms with Gasteiger partial charge >= 0.3 is 0 Å². The Kier molecular flexibility index (Phi) is 7.02. The molecule has 2 rings (SSSR count). The number of rotatable bonds is 7. The van der Waals surface area contributed by atoms with Crippen LogP contribution in [-0.2, 0) is 9.73 Å². The van der Waals surface area contributed by atoms with Gasteiger partial charge < -0.3 is 9.64 Å². The summed E-state index contributed by atoms with van der Waals surface area (Å²) in [6.45, 7) is 9.41. The standard InChI is InChI=1S/C21H29N3O2S/c1-7-23-27(6,25)19-11-9-10-18(14-19)26-21-13-16(3)20(12-17(21)4)22-15-24(5)8-2/h9-15H,7-8H2,1-6H3/b22-15+. The van der Waals surface area contributed by atoms with E-state index in [4.69, 9.17) is 4.74 Å². The molecule has 146 valence electrons. The predicted molar refractivity (Wildman–Crippen MR) is 114 cm³/mol. The number of ether oxygens (including phenoxy) is 1. The van der Waals surface area contributed by atoms with Crippen molar-refractivity contribution in [2.75, 3.05) is 26.4 Å². The van der Waals surface area contributed by atoms with Gasteiger partial charge in [-0.15, -0.1) is 0 Å². The predicted octanol–water partition coefficient (Wildman–Crippen LogP) is 5.18. The van der Waals surface area contributed by atoms with Crippen LogP contribution < -0.4 is 4.74 Å². The van der Waals surface area contributed by atoms with E-state index in [0.717, 1.165) is 29.1 Å².